The third-order valence-corrected chi connectivity index (χ3v) is 4.23. The average Bonchev–Trinajstić information content (AvgIpc) is 2.90. The van der Waals surface area contributed by atoms with Gasteiger partial charge < -0.3 is 4.74 Å². The van der Waals surface area contributed by atoms with E-state index in [0.29, 0.717) is 17.0 Å². The van der Waals surface area contributed by atoms with Crippen LogP contribution in [-0.4, -0.2) is 12.4 Å². The zero-order valence-corrected chi connectivity index (χ0v) is 12.2. The maximum Gasteiger partial charge on any atom is 0.202 e. The summed E-state index contributed by atoms with van der Waals surface area (Å²) in [5.41, 5.74) is 0.602. The van der Waals surface area contributed by atoms with E-state index in [1.54, 1.807) is 36.4 Å². The lowest BCUT2D eigenvalue weighted by Gasteiger charge is -2.03. The van der Waals surface area contributed by atoms with Crippen LogP contribution < -0.4 is 4.74 Å². The van der Waals surface area contributed by atoms with Crippen molar-refractivity contribution in [3.8, 4) is 5.75 Å². The van der Waals surface area contributed by atoms with E-state index in [0.717, 1.165) is 15.8 Å². The SMILES string of the molecule is CCOc1ccc(C(=O)c2cc3ccc(F)cc3s2)cc1. The average molecular weight is 300 g/mol. The van der Waals surface area contributed by atoms with Crippen LogP contribution in [0.4, 0.5) is 4.39 Å². The number of carbonyl (C=O) groups excluding carboxylic acids is 1. The summed E-state index contributed by atoms with van der Waals surface area (Å²) in [5, 5.41) is 0.885. The summed E-state index contributed by atoms with van der Waals surface area (Å²) in [6.07, 6.45) is 0. The number of halogens is 1. The minimum atomic E-state index is -0.288. The number of benzene rings is 2. The maximum absolute atomic E-state index is 13.2. The minimum Gasteiger partial charge on any atom is -0.494 e. The highest BCUT2D eigenvalue weighted by Crippen LogP contribution is 2.28. The maximum atomic E-state index is 13.2. The third-order valence-electron chi connectivity index (χ3n) is 3.13. The van der Waals surface area contributed by atoms with Gasteiger partial charge in [0.15, 0.2) is 0 Å². The minimum absolute atomic E-state index is 0.0559. The van der Waals surface area contributed by atoms with Crippen molar-refractivity contribution in [1.29, 1.82) is 0 Å². The molecule has 0 atom stereocenters. The highest BCUT2D eigenvalue weighted by molar-refractivity contribution is 7.21. The zero-order chi connectivity index (χ0) is 14.8. The molecule has 106 valence electrons. The lowest BCUT2D eigenvalue weighted by molar-refractivity contribution is 0.104. The normalized spacial score (nSPS) is 10.8. The molecule has 3 rings (SSSR count). The second kappa shape index (κ2) is 5.66. The number of rotatable bonds is 4. The molecule has 0 saturated heterocycles. The lowest BCUT2D eigenvalue weighted by atomic mass is 10.1. The molecule has 3 aromatic rings. The van der Waals surface area contributed by atoms with Gasteiger partial charge in [-0.2, -0.15) is 0 Å². The van der Waals surface area contributed by atoms with Gasteiger partial charge in [-0.1, -0.05) is 6.07 Å². The standard InChI is InChI=1S/C17H13FO2S/c1-2-20-14-7-4-11(5-8-14)17(19)16-9-12-3-6-13(18)10-15(12)21-16/h3-10H,2H2,1H3. The molecule has 4 heteroatoms. The van der Waals surface area contributed by atoms with Crippen molar-refractivity contribution in [3.63, 3.8) is 0 Å². The summed E-state index contributed by atoms with van der Waals surface area (Å²) in [6, 6.07) is 13.4. The Kier molecular flexibility index (Phi) is 3.71. The first-order chi connectivity index (χ1) is 10.2. The number of carbonyl (C=O) groups is 1. The van der Waals surface area contributed by atoms with Crippen LogP contribution in [0.1, 0.15) is 22.2 Å². The molecule has 0 fully saturated rings. The van der Waals surface area contributed by atoms with Crippen LogP contribution in [0, 0.1) is 5.82 Å². The third kappa shape index (κ3) is 2.81. The molecule has 0 amide bonds. The first-order valence-corrected chi connectivity index (χ1v) is 7.45. The van der Waals surface area contributed by atoms with Gasteiger partial charge in [-0.3, -0.25) is 4.79 Å². The summed E-state index contributed by atoms with van der Waals surface area (Å²) in [4.78, 5) is 13.1. The van der Waals surface area contributed by atoms with E-state index in [4.69, 9.17) is 4.74 Å². The summed E-state index contributed by atoms with van der Waals surface area (Å²) in [7, 11) is 0. The topological polar surface area (TPSA) is 26.3 Å². The van der Waals surface area contributed by atoms with Gasteiger partial charge >= 0.3 is 0 Å². The number of thiophene rings is 1. The molecule has 0 aliphatic heterocycles. The quantitative estimate of drug-likeness (QED) is 0.654. The van der Waals surface area contributed by atoms with Crippen LogP contribution in [0.15, 0.2) is 48.5 Å². The molecule has 0 aliphatic carbocycles. The largest absolute Gasteiger partial charge is 0.494 e. The molecule has 0 unspecified atom stereocenters. The van der Waals surface area contributed by atoms with Crippen molar-refractivity contribution in [1.82, 2.24) is 0 Å². The Hall–Kier alpha value is -2.20. The Morgan fingerprint density at radius 2 is 1.90 bits per heavy atom. The van der Waals surface area contributed by atoms with E-state index in [1.807, 2.05) is 6.92 Å². The molecular formula is C17H13FO2S. The predicted octanol–water partition coefficient (Wildman–Crippen LogP) is 4.67. The van der Waals surface area contributed by atoms with Crippen molar-refractivity contribution in [2.45, 2.75) is 6.92 Å². The van der Waals surface area contributed by atoms with Gasteiger partial charge in [0.25, 0.3) is 0 Å². The molecule has 1 heterocycles. The van der Waals surface area contributed by atoms with Crippen LogP contribution in [-0.2, 0) is 0 Å². The number of hydrogen-bond donors (Lipinski definition) is 0. The van der Waals surface area contributed by atoms with Crippen LogP contribution >= 0.6 is 11.3 Å². The van der Waals surface area contributed by atoms with Crippen molar-refractivity contribution in [3.05, 3.63) is 64.8 Å². The summed E-state index contributed by atoms with van der Waals surface area (Å²) >= 11 is 1.31. The zero-order valence-electron chi connectivity index (χ0n) is 11.4. The first kappa shape index (κ1) is 13.8. The fraction of sp³-hybridized carbons (Fsp3) is 0.118. The van der Waals surface area contributed by atoms with Crippen molar-refractivity contribution in [2.75, 3.05) is 6.61 Å². The predicted molar refractivity (Wildman–Crippen MR) is 82.8 cm³/mol. The van der Waals surface area contributed by atoms with Gasteiger partial charge in [-0.15, -0.1) is 11.3 Å². The fourth-order valence-electron chi connectivity index (χ4n) is 2.13. The highest BCUT2D eigenvalue weighted by atomic mass is 32.1. The second-order valence-electron chi connectivity index (χ2n) is 4.58. The lowest BCUT2D eigenvalue weighted by Crippen LogP contribution is -1.98. The molecule has 0 saturated carbocycles. The van der Waals surface area contributed by atoms with Crippen LogP contribution in [0.3, 0.4) is 0 Å². The highest BCUT2D eigenvalue weighted by Gasteiger charge is 2.13. The van der Waals surface area contributed by atoms with Gasteiger partial charge in [0, 0.05) is 10.3 Å². The number of ketones is 1. The van der Waals surface area contributed by atoms with E-state index in [-0.39, 0.29) is 11.6 Å². The Bertz CT molecular complexity index is 790. The molecular weight excluding hydrogens is 287 g/mol. The van der Waals surface area contributed by atoms with E-state index >= 15 is 0 Å². The summed E-state index contributed by atoms with van der Waals surface area (Å²) in [6.45, 7) is 2.50. The molecule has 0 N–H and O–H groups in total. The summed E-state index contributed by atoms with van der Waals surface area (Å²) < 4.78 is 19.3. The fourth-order valence-corrected chi connectivity index (χ4v) is 3.18. The Morgan fingerprint density at radius 1 is 1.14 bits per heavy atom. The monoisotopic (exact) mass is 300 g/mol. The second-order valence-corrected chi connectivity index (χ2v) is 5.66. The summed E-state index contributed by atoms with van der Waals surface area (Å²) in [5.74, 6) is 0.400. The molecule has 0 aliphatic rings. The van der Waals surface area contributed by atoms with Gasteiger partial charge in [0.05, 0.1) is 11.5 Å². The van der Waals surface area contributed by atoms with Crippen LogP contribution in [0.2, 0.25) is 0 Å². The molecule has 1 aromatic heterocycles. The van der Waals surface area contributed by atoms with Crippen LogP contribution in [0.25, 0.3) is 10.1 Å². The van der Waals surface area contributed by atoms with Gasteiger partial charge in [-0.25, -0.2) is 4.39 Å². The van der Waals surface area contributed by atoms with Crippen molar-refractivity contribution >= 4 is 27.2 Å². The smallest absolute Gasteiger partial charge is 0.202 e. The molecule has 0 radical (unpaired) electrons. The Morgan fingerprint density at radius 3 is 2.62 bits per heavy atom. The van der Waals surface area contributed by atoms with Gasteiger partial charge in [-0.05, 0) is 54.8 Å². The number of ether oxygens (including phenoxy) is 1. The van der Waals surface area contributed by atoms with E-state index in [9.17, 15) is 9.18 Å². The molecule has 2 aromatic carbocycles. The van der Waals surface area contributed by atoms with E-state index < -0.39 is 0 Å². The van der Waals surface area contributed by atoms with E-state index in [2.05, 4.69) is 0 Å². The van der Waals surface area contributed by atoms with Crippen molar-refractivity contribution in [2.24, 2.45) is 0 Å². The number of fused-ring (bicyclic) bond motifs is 1. The Balaban J connectivity index is 1.92. The first-order valence-electron chi connectivity index (χ1n) is 6.64. The van der Waals surface area contributed by atoms with Gasteiger partial charge in [0.1, 0.15) is 11.6 Å². The Labute approximate surface area is 125 Å². The molecule has 21 heavy (non-hydrogen) atoms. The van der Waals surface area contributed by atoms with Crippen LogP contribution in [0.5, 0.6) is 5.75 Å². The van der Waals surface area contributed by atoms with E-state index in [1.165, 1.54) is 23.5 Å². The number of hydrogen-bond acceptors (Lipinski definition) is 3. The molecule has 0 bridgehead atoms. The molecule has 2 nitrogen and oxygen atoms in total. The van der Waals surface area contributed by atoms with Gasteiger partial charge in [0.2, 0.25) is 5.78 Å². The molecule has 0 spiro atoms. The van der Waals surface area contributed by atoms with Crippen molar-refractivity contribution < 1.29 is 13.9 Å².